The van der Waals surface area contributed by atoms with Crippen molar-refractivity contribution in [3.05, 3.63) is 47.9 Å². The highest BCUT2D eigenvalue weighted by atomic mass is 16.6. The van der Waals surface area contributed by atoms with Crippen molar-refractivity contribution in [3.8, 4) is 5.75 Å². The lowest BCUT2D eigenvalue weighted by atomic mass is 10.2. The third-order valence-electron chi connectivity index (χ3n) is 3.18. The number of anilines is 1. The zero-order valence-corrected chi connectivity index (χ0v) is 13.3. The van der Waals surface area contributed by atoms with E-state index >= 15 is 0 Å². The summed E-state index contributed by atoms with van der Waals surface area (Å²) in [5.74, 6) is -0.426. The molecule has 2 aromatic rings. The number of hydrogen-bond acceptors (Lipinski definition) is 7. The highest BCUT2D eigenvalue weighted by Crippen LogP contribution is 2.16. The molecule has 1 aromatic carbocycles. The van der Waals surface area contributed by atoms with Gasteiger partial charge in [-0.3, -0.25) is 0 Å². The summed E-state index contributed by atoms with van der Waals surface area (Å²) in [5.41, 5.74) is 0.895. The minimum Gasteiger partial charge on any atom is -0.482 e. The number of benzene rings is 1. The molecule has 8 heteroatoms. The van der Waals surface area contributed by atoms with Gasteiger partial charge in [-0.05, 0) is 17.7 Å². The Kier molecular flexibility index (Phi) is 5.67. The molecule has 0 saturated carbocycles. The number of ether oxygens (including phenoxy) is 2. The summed E-state index contributed by atoms with van der Waals surface area (Å²) < 4.78 is 9.77. The quantitative estimate of drug-likeness (QED) is 0.759. The maximum absolute atomic E-state index is 11.0. The van der Waals surface area contributed by atoms with Crippen molar-refractivity contribution >= 4 is 17.8 Å². The number of carboxylic acids is 1. The first-order chi connectivity index (χ1) is 11.5. The summed E-state index contributed by atoms with van der Waals surface area (Å²) in [6, 6.07) is 7.24. The summed E-state index contributed by atoms with van der Waals surface area (Å²) in [4.78, 5) is 31.5. The molecule has 0 unspecified atom stereocenters. The van der Waals surface area contributed by atoms with Crippen LogP contribution in [-0.4, -0.2) is 47.8 Å². The number of carbonyl (C=O) groups is 2. The second kappa shape index (κ2) is 7.91. The van der Waals surface area contributed by atoms with E-state index in [1.54, 1.807) is 12.1 Å². The average Bonchev–Trinajstić information content (AvgIpc) is 2.60. The third-order valence-corrected chi connectivity index (χ3v) is 3.18. The molecule has 0 atom stereocenters. The molecule has 0 fully saturated rings. The summed E-state index contributed by atoms with van der Waals surface area (Å²) in [7, 11) is 3.13. The highest BCUT2D eigenvalue weighted by molar-refractivity contribution is 5.84. The van der Waals surface area contributed by atoms with Crippen molar-refractivity contribution in [2.45, 2.75) is 6.54 Å². The number of aromatic nitrogens is 2. The van der Waals surface area contributed by atoms with Crippen LogP contribution in [-0.2, 0) is 16.1 Å². The average molecular weight is 331 g/mol. The van der Waals surface area contributed by atoms with Crippen molar-refractivity contribution in [2.75, 3.05) is 25.7 Å². The Hall–Kier alpha value is -3.16. The first-order valence-corrected chi connectivity index (χ1v) is 7.04. The second-order valence-electron chi connectivity index (χ2n) is 4.93. The number of carbonyl (C=O) groups excluding carboxylic acids is 1. The van der Waals surface area contributed by atoms with Gasteiger partial charge in [-0.1, -0.05) is 12.1 Å². The van der Waals surface area contributed by atoms with Gasteiger partial charge < -0.3 is 19.5 Å². The lowest BCUT2D eigenvalue weighted by Crippen LogP contribution is -2.18. The maximum Gasteiger partial charge on any atom is 0.356 e. The Balaban J connectivity index is 1.95. The molecule has 0 aliphatic rings. The Morgan fingerprint density at radius 3 is 2.42 bits per heavy atom. The number of rotatable bonds is 7. The molecule has 0 bridgehead atoms. The minimum absolute atomic E-state index is 0.0979. The lowest BCUT2D eigenvalue weighted by molar-refractivity contribution is -0.142. The molecule has 0 radical (unpaired) electrons. The molecule has 24 heavy (non-hydrogen) atoms. The van der Waals surface area contributed by atoms with Crippen LogP contribution in [0.4, 0.5) is 5.82 Å². The molecule has 8 nitrogen and oxygen atoms in total. The largest absolute Gasteiger partial charge is 0.482 e. The molecule has 0 saturated heterocycles. The lowest BCUT2D eigenvalue weighted by Gasteiger charge is -2.18. The molecule has 2 rings (SSSR count). The van der Waals surface area contributed by atoms with E-state index < -0.39 is 11.9 Å². The van der Waals surface area contributed by atoms with Gasteiger partial charge in [0.05, 0.1) is 19.5 Å². The van der Waals surface area contributed by atoms with Gasteiger partial charge in [0, 0.05) is 13.6 Å². The number of esters is 1. The molecule has 126 valence electrons. The molecule has 0 aliphatic heterocycles. The summed E-state index contributed by atoms with van der Waals surface area (Å²) >= 11 is 0. The van der Waals surface area contributed by atoms with Crippen LogP contribution in [0.15, 0.2) is 36.7 Å². The predicted octanol–water partition coefficient (Wildman–Crippen LogP) is 1.36. The number of methoxy groups -OCH3 is 1. The topological polar surface area (TPSA) is 102 Å². The first kappa shape index (κ1) is 17.2. The first-order valence-electron chi connectivity index (χ1n) is 7.04. The fourth-order valence-corrected chi connectivity index (χ4v) is 1.88. The molecular weight excluding hydrogens is 314 g/mol. The van der Waals surface area contributed by atoms with E-state index in [2.05, 4.69) is 14.7 Å². The molecule has 1 heterocycles. The van der Waals surface area contributed by atoms with E-state index in [0.29, 0.717) is 18.1 Å². The van der Waals surface area contributed by atoms with Gasteiger partial charge in [-0.2, -0.15) is 0 Å². The SMILES string of the molecule is COC(=O)COc1ccc(CN(C)c2cnc(C(=O)O)cn2)cc1. The van der Waals surface area contributed by atoms with Gasteiger partial charge in [0.1, 0.15) is 11.6 Å². The second-order valence-corrected chi connectivity index (χ2v) is 4.93. The fraction of sp³-hybridized carbons (Fsp3) is 0.250. The Bertz CT molecular complexity index is 701. The predicted molar refractivity (Wildman–Crippen MR) is 85.1 cm³/mol. The van der Waals surface area contributed by atoms with Crippen molar-refractivity contribution in [2.24, 2.45) is 0 Å². The van der Waals surface area contributed by atoms with Crippen LogP contribution < -0.4 is 9.64 Å². The van der Waals surface area contributed by atoms with Crippen molar-refractivity contribution in [1.82, 2.24) is 9.97 Å². The van der Waals surface area contributed by atoms with Crippen LogP contribution >= 0.6 is 0 Å². The number of hydrogen-bond donors (Lipinski definition) is 1. The van der Waals surface area contributed by atoms with Crippen molar-refractivity contribution < 1.29 is 24.2 Å². The third kappa shape index (κ3) is 4.67. The normalized spacial score (nSPS) is 10.1. The monoisotopic (exact) mass is 331 g/mol. The van der Waals surface area contributed by atoms with Crippen LogP contribution in [0.25, 0.3) is 0 Å². The van der Waals surface area contributed by atoms with E-state index in [9.17, 15) is 9.59 Å². The Labute approximate surface area is 138 Å². The van der Waals surface area contributed by atoms with E-state index in [4.69, 9.17) is 9.84 Å². The zero-order chi connectivity index (χ0) is 17.5. The van der Waals surface area contributed by atoms with Crippen LogP contribution in [0, 0.1) is 0 Å². The van der Waals surface area contributed by atoms with Crippen molar-refractivity contribution in [1.29, 1.82) is 0 Å². The molecule has 0 spiro atoms. The summed E-state index contributed by atoms with van der Waals surface area (Å²) in [6.45, 7) is 0.416. The van der Waals surface area contributed by atoms with Crippen molar-refractivity contribution in [3.63, 3.8) is 0 Å². The molecule has 1 N–H and O–H groups in total. The van der Waals surface area contributed by atoms with E-state index in [0.717, 1.165) is 5.56 Å². The fourth-order valence-electron chi connectivity index (χ4n) is 1.88. The highest BCUT2D eigenvalue weighted by Gasteiger charge is 2.08. The Morgan fingerprint density at radius 2 is 1.88 bits per heavy atom. The maximum atomic E-state index is 11.0. The number of aromatic carboxylic acids is 1. The van der Waals surface area contributed by atoms with Crippen LogP contribution in [0.2, 0.25) is 0 Å². The number of nitrogens with zero attached hydrogens (tertiary/aromatic N) is 3. The van der Waals surface area contributed by atoms with Crippen LogP contribution in [0.3, 0.4) is 0 Å². The van der Waals surface area contributed by atoms with Gasteiger partial charge in [-0.15, -0.1) is 0 Å². The minimum atomic E-state index is -1.11. The van der Waals surface area contributed by atoms with Crippen LogP contribution in [0.1, 0.15) is 16.1 Å². The Morgan fingerprint density at radius 1 is 1.17 bits per heavy atom. The van der Waals surface area contributed by atoms with Gasteiger partial charge in [0.25, 0.3) is 0 Å². The molecule has 0 aliphatic carbocycles. The summed E-state index contributed by atoms with van der Waals surface area (Å²) in [5, 5.41) is 8.81. The molecule has 0 amide bonds. The summed E-state index contributed by atoms with van der Waals surface area (Å²) in [6.07, 6.45) is 2.63. The van der Waals surface area contributed by atoms with Gasteiger partial charge >= 0.3 is 11.9 Å². The van der Waals surface area contributed by atoms with Crippen LogP contribution in [0.5, 0.6) is 5.75 Å². The van der Waals surface area contributed by atoms with E-state index in [1.165, 1.54) is 19.5 Å². The molecule has 1 aromatic heterocycles. The van der Waals surface area contributed by atoms with Gasteiger partial charge in [0.15, 0.2) is 12.3 Å². The smallest absolute Gasteiger partial charge is 0.356 e. The van der Waals surface area contributed by atoms with E-state index in [1.807, 2.05) is 24.1 Å². The standard InChI is InChI=1S/C16H17N3O5/c1-19(14-8-17-13(7-18-14)16(21)22)9-11-3-5-12(6-4-11)24-10-15(20)23-2/h3-8H,9-10H2,1-2H3,(H,21,22). The van der Waals surface area contributed by atoms with E-state index in [-0.39, 0.29) is 12.3 Å². The zero-order valence-electron chi connectivity index (χ0n) is 13.3. The number of carboxylic acid groups (broad SMARTS) is 1. The van der Waals surface area contributed by atoms with Gasteiger partial charge in [-0.25, -0.2) is 19.6 Å². The molecular formula is C16H17N3O5. The van der Waals surface area contributed by atoms with Gasteiger partial charge in [0.2, 0.25) is 0 Å².